The summed E-state index contributed by atoms with van der Waals surface area (Å²) in [5.41, 5.74) is 3.45. The van der Waals surface area contributed by atoms with Gasteiger partial charge in [-0.05, 0) is 20.3 Å². The summed E-state index contributed by atoms with van der Waals surface area (Å²) in [6.45, 7) is 3.26. The van der Waals surface area contributed by atoms with E-state index in [0.717, 1.165) is 12.4 Å². The Balaban J connectivity index is 2.77. The molecule has 4 nitrogen and oxygen atoms in total. The zero-order valence-corrected chi connectivity index (χ0v) is 9.70. The average molecular weight is 251 g/mol. The highest BCUT2D eigenvalue weighted by Gasteiger charge is 2.33. The molecule has 98 valence electrons. The molecule has 0 aliphatic heterocycles. The van der Waals surface area contributed by atoms with Gasteiger partial charge < -0.3 is 10.8 Å². The van der Waals surface area contributed by atoms with Crippen LogP contribution in [0.5, 0.6) is 0 Å². The number of aliphatic hydroxyl groups is 1. The molecule has 0 aromatic carbocycles. The van der Waals surface area contributed by atoms with Crippen molar-refractivity contribution in [1.82, 2.24) is 9.78 Å². The van der Waals surface area contributed by atoms with E-state index in [4.69, 9.17) is 5.73 Å². The molecule has 0 spiro atoms. The Hall–Kier alpha value is -1.08. The quantitative estimate of drug-likeness (QED) is 0.853. The number of alkyl halides is 3. The van der Waals surface area contributed by atoms with Gasteiger partial charge in [0, 0.05) is 12.7 Å². The Morgan fingerprint density at radius 3 is 2.53 bits per heavy atom. The molecule has 0 radical (unpaired) electrons. The van der Waals surface area contributed by atoms with Crippen molar-refractivity contribution in [3.8, 4) is 0 Å². The van der Waals surface area contributed by atoms with Gasteiger partial charge in [-0.15, -0.1) is 0 Å². The van der Waals surface area contributed by atoms with Gasteiger partial charge in [-0.3, -0.25) is 4.68 Å². The van der Waals surface area contributed by atoms with E-state index in [1.807, 2.05) is 0 Å². The second-order valence-electron chi connectivity index (χ2n) is 4.46. The molecule has 2 unspecified atom stereocenters. The van der Waals surface area contributed by atoms with Crippen molar-refractivity contribution < 1.29 is 18.3 Å². The highest BCUT2D eigenvalue weighted by molar-refractivity contribution is 5.08. The summed E-state index contributed by atoms with van der Waals surface area (Å²) in [5, 5.41) is 13.4. The molecule has 0 saturated heterocycles. The summed E-state index contributed by atoms with van der Waals surface area (Å²) in [6.07, 6.45) is -2.46. The summed E-state index contributed by atoms with van der Waals surface area (Å²) in [6, 6.07) is -0.357. The number of nitrogens with two attached hydrogens (primary N) is 1. The molecule has 0 aliphatic carbocycles. The average Bonchev–Trinajstić information content (AvgIpc) is 2.65. The van der Waals surface area contributed by atoms with E-state index in [0.29, 0.717) is 0 Å². The third-order valence-corrected chi connectivity index (χ3v) is 2.56. The normalized spacial score (nSPS) is 17.8. The molecule has 2 atom stereocenters. The lowest BCUT2D eigenvalue weighted by Crippen LogP contribution is -2.36. The Morgan fingerprint density at radius 1 is 1.53 bits per heavy atom. The van der Waals surface area contributed by atoms with Gasteiger partial charge in [-0.1, -0.05) is 0 Å². The maximum Gasteiger partial charge on any atom is 0.419 e. The van der Waals surface area contributed by atoms with Gasteiger partial charge in [0.05, 0.1) is 23.4 Å². The van der Waals surface area contributed by atoms with Crippen LogP contribution in [-0.2, 0) is 6.18 Å². The molecule has 3 N–H and O–H groups in total. The molecule has 0 aliphatic rings. The number of aromatic nitrogens is 2. The summed E-state index contributed by atoms with van der Waals surface area (Å²) < 4.78 is 38.2. The van der Waals surface area contributed by atoms with Gasteiger partial charge in [0.2, 0.25) is 0 Å². The minimum Gasteiger partial charge on any atom is -0.389 e. The second-order valence-corrected chi connectivity index (χ2v) is 4.46. The summed E-state index contributed by atoms with van der Waals surface area (Å²) in [4.78, 5) is 0. The smallest absolute Gasteiger partial charge is 0.389 e. The van der Waals surface area contributed by atoms with E-state index in [1.165, 1.54) is 11.6 Å². The lowest BCUT2D eigenvalue weighted by molar-refractivity contribution is -0.137. The predicted molar refractivity (Wildman–Crippen MR) is 56.2 cm³/mol. The molecule has 0 amide bonds. The van der Waals surface area contributed by atoms with Crippen LogP contribution < -0.4 is 5.73 Å². The zero-order chi connectivity index (χ0) is 13.3. The molecule has 1 heterocycles. The minimum atomic E-state index is -4.39. The molecule has 17 heavy (non-hydrogen) atoms. The molecule has 1 aromatic rings. The number of nitrogens with zero attached hydrogens (tertiary/aromatic N) is 2. The monoisotopic (exact) mass is 251 g/mol. The first-order valence-corrected chi connectivity index (χ1v) is 5.19. The van der Waals surface area contributed by atoms with E-state index in [2.05, 4.69) is 5.10 Å². The van der Waals surface area contributed by atoms with Gasteiger partial charge in [0.15, 0.2) is 0 Å². The van der Waals surface area contributed by atoms with Gasteiger partial charge in [0.1, 0.15) is 0 Å². The van der Waals surface area contributed by atoms with Crippen LogP contribution in [0.15, 0.2) is 12.4 Å². The molecule has 7 heteroatoms. The first-order valence-electron chi connectivity index (χ1n) is 5.19. The van der Waals surface area contributed by atoms with E-state index in [1.54, 1.807) is 6.92 Å². The third-order valence-electron chi connectivity index (χ3n) is 2.56. The van der Waals surface area contributed by atoms with Crippen molar-refractivity contribution >= 4 is 0 Å². The topological polar surface area (TPSA) is 64.1 Å². The van der Waals surface area contributed by atoms with E-state index in [-0.39, 0.29) is 19.0 Å². The minimum absolute atomic E-state index is 0.0464. The first-order chi connectivity index (χ1) is 7.65. The lowest BCUT2D eigenvalue weighted by atomic mass is 9.98. The predicted octanol–water partition coefficient (Wildman–Crippen LogP) is 1.56. The fraction of sp³-hybridized carbons (Fsp3) is 0.700. The summed E-state index contributed by atoms with van der Waals surface area (Å²) in [7, 11) is 0. The standard InChI is InChI=1S/C10H16F3N3O/c1-7(3-9(2,17)6-14)16-5-8(4-15-16)10(11,12)13/h4-5,7,17H,3,6,14H2,1-2H3. The number of rotatable bonds is 4. The van der Waals surface area contributed by atoms with E-state index in [9.17, 15) is 18.3 Å². The Labute approximate surface area is 97.2 Å². The SMILES string of the molecule is CC(CC(C)(O)CN)n1cc(C(F)(F)F)cn1. The van der Waals surface area contributed by atoms with Crippen LogP contribution in [0, 0.1) is 0 Å². The van der Waals surface area contributed by atoms with Crippen LogP contribution in [0.4, 0.5) is 13.2 Å². The summed E-state index contributed by atoms with van der Waals surface area (Å²) in [5.74, 6) is 0. The number of hydrogen-bond donors (Lipinski definition) is 2. The Morgan fingerprint density at radius 2 is 2.12 bits per heavy atom. The second kappa shape index (κ2) is 4.66. The lowest BCUT2D eigenvalue weighted by Gasteiger charge is -2.25. The first kappa shape index (κ1) is 14.0. The van der Waals surface area contributed by atoms with Gasteiger partial charge in [-0.25, -0.2) is 0 Å². The molecule has 0 fully saturated rings. The van der Waals surface area contributed by atoms with Crippen LogP contribution in [-0.4, -0.2) is 27.0 Å². The van der Waals surface area contributed by atoms with Crippen LogP contribution in [0.1, 0.15) is 31.9 Å². The van der Waals surface area contributed by atoms with Gasteiger partial charge in [-0.2, -0.15) is 18.3 Å². The van der Waals surface area contributed by atoms with E-state index < -0.39 is 17.3 Å². The maximum absolute atomic E-state index is 12.3. The maximum atomic E-state index is 12.3. The largest absolute Gasteiger partial charge is 0.419 e. The summed E-state index contributed by atoms with van der Waals surface area (Å²) >= 11 is 0. The zero-order valence-electron chi connectivity index (χ0n) is 9.70. The van der Waals surface area contributed by atoms with Crippen LogP contribution in [0.25, 0.3) is 0 Å². The van der Waals surface area contributed by atoms with Crippen molar-refractivity contribution in [3.05, 3.63) is 18.0 Å². The number of halogens is 3. The molecule has 0 bridgehead atoms. The van der Waals surface area contributed by atoms with Crippen LogP contribution in [0.2, 0.25) is 0 Å². The molecule has 1 rings (SSSR count). The third kappa shape index (κ3) is 3.71. The van der Waals surface area contributed by atoms with Crippen molar-refractivity contribution in [3.63, 3.8) is 0 Å². The van der Waals surface area contributed by atoms with Crippen molar-refractivity contribution in [2.24, 2.45) is 5.73 Å². The van der Waals surface area contributed by atoms with Crippen molar-refractivity contribution in [2.75, 3.05) is 6.54 Å². The fourth-order valence-electron chi connectivity index (χ4n) is 1.54. The highest BCUT2D eigenvalue weighted by atomic mass is 19.4. The van der Waals surface area contributed by atoms with Crippen LogP contribution in [0.3, 0.4) is 0 Å². The fourth-order valence-corrected chi connectivity index (χ4v) is 1.54. The van der Waals surface area contributed by atoms with Crippen molar-refractivity contribution in [1.29, 1.82) is 0 Å². The Bertz CT molecular complexity index is 373. The number of hydrogen-bond acceptors (Lipinski definition) is 3. The molecule has 1 aromatic heterocycles. The molecular formula is C10H16F3N3O. The highest BCUT2D eigenvalue weighted by Crippen LogP contribution is 2.30. The molecular weight excluding hydrogens is 235 g/mol. The van der Waals surface area contributed by atoms with E-state index >= 15 is 0 Å². The van der Waals surface area contributed by atoms with Crippen LogP contribution >= 0.6 is 0 Å². The van der Waals surface area contributed by atoms with Crippen molar-refractivity contribution in [2.45, 2.75) is 38.1 Å². The van der Waals surface area contributed by atoms with Gasteiger partial charge in [0.25, 0.3) is 0 Å². The Kier molecular flexibility index (Phi) is 3.83. The van der Waals surface area contributed by atoms with Gasteiger partial charge >= 0.3 is 6.18 Å². The molecule has 0 saturated carbocycles.